The van der Waals surface area contributed by atoms with Crippen LogP contribution in [0, 0.1) is 0 Å². The van der Waals surface area contributed by atoms with E-state index in [1.54, 1.807) is 7.05 Å². The predicted octanol–water partition coefficient (Wildman–Crippen LogP) is 3.36. The lowest BCUT2D eigenvalue weighted by Gasteiger charge is -2.19. The minimum absolute atomic E-state index is 0.439. The molecule has 0 N–H and O–H groups in total. The minimum Gasteiger partial charge on any atom is -0.302 e. The van der Waals surface area contributed by atoms with Gasteiger partial charge in [-0.3, -0.25) is 4.79 Å². The Balaban J connectivity index is 2.31. The molecule has 0 atom stereocenters. The first-order valence-electron chi connectivity index (χ1n) is 5.23. The number of hydrogen-bond acceptors (Lipinski definition) is 1. The molecule has 80 valence electrons. The largest absolute Gasteiger partial charge is 0.320 e. The van der Waals surface area contributed by atoms with Crippen LogP contribution in [0.5, 0.6) is 0 Å². The number of carbonyl (C=O) groups excluding carboxylic acids is 1. The lowest BCUT2D eigenvalue weighted by molar-refractivity contribution is 0.265. The Morgan fingerprint density at radius 1 is 1.27 bits per heavy atom. The Morgan fingerprint density at radius 3 is 2.60 bits per heavy atom. The quantitative estimate of drug-likeness (QED) is 0.528. The van der Waals surface area contributed by atoms with Gasteiger partial charge in [-0.25, -0.2) is 0 Å². The zero-order valence-corrected chi connectivity index (χ0v) is 9.55. The molecule has 2 nitrogen and oxygen atoms in total. The third kappa shape index (κ3) is 2.15. The summed E-state index contributed by atoms with van der Waals surface area (Å²) in [5.74, 6) is 0. The average Bonchev–Trinajstić information content (AvgIpc) is 2.27. The van der Waals surface area contributed by atoms with Gasteiger partial charge in [0.1, 0.15) is 0 Å². The number of amides is 1. The van der Waals surface area contributed by atoms with Crippen molar-refractivity contribution in [3.63, 3.8) is 0 Å². The summed E-state index contributed by atoms with van der Waals surface area (Å²) in [5.41, 5.74) is 3.67. The Hall–Kier alpha value is -1.02. The molecule has 0 radical (unpaired) electrons. The van der Waals surface area contributed by atoms with Crippen LogP contribution in [0.4, 0.5) is 10.5 Å². The molecule has 2 rings (SSSR count). The van der Waals surface area contributed by atoms with Crippen LogP contribution in [0.1, 0.15) is 24.0 Å². The number of halogens is 1. The number of rotatable bonds is 1. The van der Waals surface area contributed by atoms with Crippen LogP contribution in [0.2, 0.25) is 0 Å². The van der Waals surface area contributed by atoms with E-state index in [2.05, 4.69) is 12.1 Å². The molecule has 1 aliphatic rings. The topological polar surface area (TPSA) is 20.3 Å². The van der Waals surface area contributed by atoms with Gasteiger partial charge < -0.3 is 4.90 Å². The molecule has 1 amide bonds. The molecule has 0 unspecified atom stereocenters. The number of benzene rings is 1. The number of fused-ring (bicyclic) bond motifs is 1. The highest BCUT2D eigenvalue weighted by molar-refractivity contribution is 6.66. The molecular formula is C12H14ClNO. The van der Waals surface area contributed by atoms with Gasteiger partial charge in [-0.05, 0) is 60.5 Å². The highest BCUT2D eigenvalue weighted by Crippen LogP contribution is 2.26. The Morgan fingerprint density at radius 2 is 1.93 bits per heavy atom. The summed E-state index contributed by atoms with van der Waals surface area (Å²) in [6, 6.07) is 6.15. The lowest BCUT2D eigenvalue weighted by atomic mass is 9.91. The molecule has 1 aromatic carbocycles. The Kier molecular flexibility index (Phi) is 2.96. The van der Waals surface area contributed by atoms with Crippen LogP contribution in [-0.4, -0.2) is 12.4 Å². The van der Waals surface area contributed by atoms with Crippen molar-refractivity contribution in [1.82, 2.24) is 0 Å². The summed E-state index contributed by atoms with van der Waals surface area (Å²) in [4.78, 5) is 12.5. The van der Waals surface area contributed by atoms with Crippen molar-refractivity contribution in [2.45, 2.75) is 25.7 Å². The van der Waals surface area contributed by atoms with Gasteiger partial charge in [-0.15, -0.1) is 0 Å². The molecule has 0 saturated heterocycles. The monoisotopic (exact) mass is 223 g/mol. The first kappa shape index (κ1) is 10.5. The SMILES string of the molecule is CN(C(=O)Cl)c1ccc2c(c1)CCCC2. The molecule has 0 aliphatic heterocycles. The highest BCUT2D eigenvalue weighted by Gasteiger charge is 2.13. The number of anilines is 1. The second kappa shape index (κ2) is 4.23. The van der Waals surface area contributed by atoms with E-state index in [-0.39, 0.29) is 0 Å². The molecule has 1 aliphatic carbocycles. The van der Waals surface area contributed by atoms with Gasteiger partial charge in [0.15, 0.2) is 0 Å². The summed E-state index contributed by atoms with van der Waals surface area (Å²) in [7, 11) is 1.69. The molecule has 0 heterocycles. The second-order valence-electron chi connectivity index (χ2n) is 3.97. The number of aryl methyl sites for hydroxylation is 2. The van der Waals surface area contributed by atoms with Crippen molar-refractivity contribution in [2.75, 3.05) is 11.9 Å². The van der Waals surface area contributed by atoms with Gasteiger partial charge >= 0.3 is 5.37 Å². The molecule has 0 spiro atoms. The van der Waals surface area contributed by atoms with Crippen LogP contribution in [0.3, 0.4) is 0 Å². The summed E-state index contributed by atoms with van der Waals surface area (Å²) < 4.78 is 0. The van der Waals surface area contributed by atoms with Gasteiger partial charge in [0, 0.05) is 12.7 Å². The molecule has 0 saturated carbocycles. The number of carbonyl (C=O) groups is 1. The van der Waals surface area contributed by atoms with Crippen molar-refractivity contribution in [3.8, 4) is 0 Å². The van der Waals surface area contributed by atoms with Gasteiger partial charge in [-0.2, -0.15) is 0 Å². The zero-order valence-electron chi connectivity index (χ0n) is 8.79. The molecule has 0 fully saturated rings. The van der Waals surface area contributed by atoms with Gasteiger partial charge in [0.05, 0.1) is 0 Å². The molecule has 0 aromatic heterocycles. The standard InChI is InChI=1S/C12H14ClNO/c1-14(12(13)15)11-7-6-9-4-2-3-5-10(9)8-11/h6-8H,2-5H2,1H3. The van der Waals surface area contributed by atoms with E-state index in [1.807, 2.05) is 6.07 Å². The fraction of sp³-hybridized carbons (Fsp3) is 0.417. The lowest BCUT2D eigenvalue weighted by Crippen LogP contribution is -2.20. The predicted molar refractivity (Wildman–Crippen MR) is 62.7 cm³/mol. The third-order valence-electron chi connectivity index (χ3n) is 2.98. The van der Waals surface area contributed by atoms with E-state index < -0.39 is 5.37 Å². The zero-order chi connectivity index (χ0) is 10.8. The normalized spacial score (nSPS) is 14.5. The van der Waals surface area contributed by atoms with Crippen molar-refractivity contribution in [3.05, 3.63) is 29.3 Å². The first-order valence-corrected chi connectivity index (χ1v) is 5.61. The third-order valence-corrected chi connectivity index (χ3v) is 3.24. The minimum atomic E-state index is -0.439. The smallest absolute Gasteiger partial charge is 0.302 e. The van der Waals surface area contributed by atoms with Gasteiger partial charge in [0.25, 0.3) is 0 Å². The van der Waals surface area contributed by atoms with Crippen molar-refractivity contribution in [2.24, 2.45) is 0 Å². The first-order chi connectivity index (χ1) is 7.18. The van der Waals surface area contributed by atoms with E-state index in [4.69, 9.17) is 11.6 Å². The van der Waals surface area contributed by atoms with E-state index in [0.717, 1.165) is 18.5 Å². The van der Waals surface area contributed by atoms with Crippen LogP contribution in [0.25, 0.3) is 0 Å². The maximum Gasteiger partial charge on any atom is 0.320 e. The van der Waals surface area contributed by atoms with E-state index >= 15 is 0 Å². The summed E-state index contributed by atoms with van der Waals surface area (Å²) in [5, 5.41) is -0.439. The van der Waals surface area contributed by atoms with Gasteiger partial charge in [0.2, 0.25) is 0 Å². The molecule has 1 aromatic rings. The Labute approximate surface area is 94.8 Å². The van der Waals surface area contributed by atoms with Gasteiger partial charge in [-0.1, -0.05) is 6.07 Å². The maximum absolute atomic E-state index is 11.0. The van der Waals surface area contributed by atoms with Crippen LogP contribution >= 0.6 is 11.6 Å². The molecule has 0 bridgehead atoms. The Bertz CT molecular complexity index is 389. The van der Waals surface area contributed by atoms with E-state index in [9.17, 15) is 4.79 Å². The van der Waals surface area contributed by atoms with Crippen LogP contribution in [0.15, 0.2) is 18.2 Å². The van der Waals surface area contributed by atoms with Crippen molar-refractivity contribution >= 4 is 22.7 Å². The molecular weight excluding hydrogens is 210 g/mol. The number of hydrogen-bond donors (Lipinski definition) is 0. The second-order valence-corrected chi connectivity index (χ2v) is 4.30. The fourth-order valence-corrected chi connectivity index (χ4v) is 2.13. The van der Waals surface area contributed by atoms with Crippen molar-refractivity contribution in [1.29, 1.82) is 0 Å². The maximum atomic E-state index is 11.0. The molecule has 3 heteroatoms. The highest BCUT2D eigenvalue weighted by atomic mass is 35.5. The van der Waals surface area contributed by atoms with Crippen LogP contribution in [-0.2, 0) is 12.8 Å². The van der Waals surface area contributed by atoms with Crippen LogP contribution < -0.4 is 4.90 Å². The van der Waals surface area contributed by atoms with Crippen molar-refractivity contribution < 1.29 is 4.79 Å². The summed E-state index contributed by atoms with van der Waals surface area (Å²) in [6.07, 6.45) is 4.80. The van der Waals surface area contributed by atoms with E-state index in [0.29, 0.717) is 0 Å². The molecule has 15 heavy (non-hydrogen) atoms. The summed E-state index contributed by atoms with van der Waals surface area (Å²) in [6.45, 7) is 0. The van der Waals surface area contributed by atoms with E-state index in [1.165, 1.54) is 28.9 Å². The fourth-order valence-electron chi connectivity index (χ4n) is 2.03. The summed E-state index contributed by atoms with van der Waals surface area (Å²) >= 11 is 5.43. The average molecular weight is 224 g/mol. The number of nitrogens with zero attached hydrogens (tertiary/aromatic N) is 1.